The van der Waals surface area contributed by atoms with E-state index in [0.29, 0.717) is 6.61 Å². The molecule has 0 rings (SSSR count). The van der Waals surface area contributed by atoms with Gasteiger partial charge in [-0.15, -0.1) is 0 Å². The Labute approximate surface area is 79.1 Å². The Hall–Kier alpha value is -0.340. The van der Waals surface area contributed by atoms with Crippen molar-refractivity contribution in [3.05, 3.63) is 0 Å². The lowest BCUT2D eigenvalue weighted by Crippen LogP contribution is -2.06. The molecule has 0 aromatic heterocycles. The lowest BCUT2D eigenvalue weighted by molar-refractivity contribution is -0.143. The van der Waals surface area contributed by atoms with Crippen molar-refractivity contribution in [1.82, 2.24) is 0 Å². The molecule has 0 aliphatic carbocycles. The van der Waals surface area contributed by atoms with Crippen molar-refractivity contribution in [1.29, 1.82) is 0 Å². The van der Waals surface area contributed by atoms with Crippen LogP contribution in [0.15, 0.2) is 0 Å². The Morgan fingerprint density at radius 2 is 2.23 bits per heavy atom. The molecule has 78 valence electrons. The summed E-state index contributed by atoms with van der Waals surface area (Å²) in [5.74, 6) is -0.319. The summed E-state index contributed by atoms with van der Waals surface area (Å²) in [7, 11) is -1.95. The van der Waals surface area contributed by atoms with Crippen molar-refractivity contribution in [3.8, 4) is 0 Å². The molecule has 0 aliphatic heterocycles. The molecule has 0 saturated carbocycles. The predicted molar refractivity (Wildman–Crippen MR) is 51.4 cm³/mol. The molecular formula is C8H17O4P. The molecule has 0 amide bonds. The first kappa shape index (κ1) is 12.7. The average molecular weight is 208 g/mol. The highest BCUT2D eigenvalue weighted by atomic mass is 31.1. The molecule has 4 nitrogen and oxygen atoms in total. The van der Waals surface area contributed by atoms with Crippen molar-refractivity contribution in [2.24, 2.45) is 0 Å². The quantitative estimate of drug-likeness (QED) is 0.388. The Kier molecular flexibility index (Phi) is 8.05. The van der Waals surface area contributed by atoms with E-state index in [2.05, 4.69) is 0 Å². The minimum Gasteiger partial charge on any atom is -0.466 e. The van der Waals surface area contributed by atoms with Gasteiger partial charge in [-0.3, -0.25) is 4.79 Å². The van der Waals surface area contributed by atoms with E-state index in [9.17, 15) is 9.36 Å². The fourth-order valence-corrected chi connectivity index (χ4v) is 1.36. The molecule has 1 atom stereocenters. The van der Waals surface area contributed by atoms with Crippen molar-refractivity contribution in [3.63, 3.8) is 0 Å². The van der Waals surface area contributed by atoms with Crippen LogP contribution in [0, 0.1) is 0 Å². The fourth-order valence-electron chi connectivity index (χ4n) is 0.723. The monoisotopic (exact) mass is 208 g/mol. The van der Waals surface area contributed by atoms with Gasteiger partial charge in [0.1, 0.15) is 7.80 Å². The molecule has 0 spiro atoms. The van der Waals surface area contributed by atoms with Gasteiger partial charge in [-0.05, 0) is 6.42 Å². The average Bonchev–Trinajstić information content (AvgIpc) is 2.14. The number of ether oxygens (including phenoxy) is 1. The van der Waals surface area contributed by atoms with E-state index in [1.807, 2.05) is 6.92 Å². The number of rotatable bonds is 7. The third-order valence-electron chi connectivity index (χ3n) is 1.55. The zero-order valence-electron chi connectivity index (χ0n) is 7.91. The van der Waals surface area contributed by atoms with E-state index >= 15 is 0 Å². The largest absolute Gasteiger partial charge is 0.466 e. The van der Waals surface area contributed by atoms with Crippen molar-refractivity contribution in [2.75, 3.05) is 19.1 Å². The fraction of sp³-hybridized carbons (Fsp3) is 0.875. The Balaban J connectivity index is 3.35. The number of hydrogen-bond acceptors (Lipinski definition) is 4. The van der Waals surface area contributed by atoms with Crippen LogP contribution >= 0.6 is 7.80 Å². The maximum absolute atomic E-state index is 10.9. The third kappa shape index (κ3) is 8.00. The van der Waals surface area contributed by atoms with Crippen LogP contribution in [0.3, 0.4) is 0 Å². The van der Waals surface area contributed by atoms with Crippen LogP contribution in [0.1, 0.15) is 26.2 Å². The lowest BCUT2D eigenvalue weighted by Gasteiger charge is -2.02. The summed E-state index contributed by atoms with van der Waals surface area (Å²) in [5.41, 5.74) is 0. The molecule has 5 heteroatoms. The number of esters is 1. The lowest BCUT2D eigenvalue weighted by atomic mass is 10.4. The van der Waals surface area contributed by atoms with Crippen molar-refractivity contribution < 1.29 is 19.2 Å². The van der Waals surface area contributed by atoms with E-state index in [0.717, 1.165) is 12.8 Å². The molecule has 0 fully saturated rings. The molecule has 0 aromatic rings. The second kappa shape index (κ2) is 8.27. The number of unbranched alkanes of at least 4 members (excludes halogenated alkanes) is 1. The topological polar surface area (TPSA) is 63.6 Å². The number of hydrogen-bond donors (Lipinski definition) is 1. The van der Waals surface area contributed by atoms with Gasteiger partial charge in [-0.1, -0.05) is 13.3 Å². The normalized spacial score (nSPS) is 12.5. The minimum absolute atomic E-state index is 0.155. The molecule has 0 aromatic carbocycles. The molecule has 1 N–H and O–H groups in total. The standard InChI is InChI=1S/C8H17O4P/c1-2-3-5-12-8(10)4-6-13(11)7-9/h9,13H,2-7H2,1H3. The van der Waals surface area contributed by atoms with Gasteiger partial charge in [-0.25, -0.2) is 0 Å². The van der Waals surface area contributed by atoms with Gasteiger partial charge in [0, 0.05) is 6.16 Å². The molecular weight excluding hydrogens is 191 g/mol. The summed E-state index contributed by atoms with van der Waals surface area (Å²) in [4.78, 5) is 10.9. The summed E-state index contributed by atoms with van der Waals surface area (Å²) in [6, 6.07) is 0. The third-order valence-corrected chi connectivity index (χ3v) is 2.71. The highest BCUT2D eigenvalue weighted by molar-refractivity contribution is 7.44. The van der Waals surface area contributed by atoms with Crippen LogP contribution in [0.5, 0.6) is 0 Å². The second-order valence-corrected chi connectivity index (χ2v) is 4.66. The first-order valence-electron chi connectivity index (χ1n) is 4.49. The zero-order chi connectivity index (χ0) is 10.1. The number of aliphatic hydroxyl groups is 1. The molecule has 0 aliphatic rings. The summed E-state index contributed by atoms with van der Waals surface area (Å²) in [5, 5.41) is 8.44. The summed E-state index contributed by atoms with van der Waals surface area (Å²) >= 11 is 0. The van der Waals surface area contributed by atoms with Crippen molar-refractivity contribution >= 4 is 13.8 Å². The summed E-state index contributed by atoms with van der Waals surface area (Å²) in [6.45, 7) is 2.45. The van der Waals surface area contributed by atoms with Crippen LogP contribution in [0.4, 0.5) is 0 Å². The van der Waals surface area contributed by atoms with Crippen LogP contribution in [-0.2, 0) is 14.1 Å². The van der Waals surface area contributed by atoms with Gasteiger partial charge < -0.3 is 14.4 Å². The van der Waals surface area contributed by atoms with Crippen LogP contribution in [-0.4, -0.2) is 30.2 Å². The van der Waals surface area contributed by atoms with Gasteiger partial charge in [0.25, 0.3) is 0 Å². The number of aliphatic hydroxyl groups excluding tert-OH is 1. The van der Waals surface area contributed by atoms with Gasteiger partial charge in [0.05, 0.1) is 19.4 Å². The Morgan fingerprint density at radius 1 is 1.54 bits per heavy atom. The van der Waals surface area contributed by atoms with E-state index in [4.69, 9.17) is 9.84 Å². The SMILES string of the molecule is CCCCOC(=O)CC[PH](=O)CO. The maximum atomic E-state index is 10.9. The molecule has 0 bridgehead atoms. The number of carbonyl (C=O) groups is 1. The summed E-state index contributed by atoms with van der Waals surface area (Å²) < 4.78 is 15.6. The molecule has 0 saturated heterocycles. The predicted octanol–water partition coefficient (Wildman–Crippen LogP) is 1.23. The summed E-state index contributed by atoms with van der Waals surface area (Å²) in [6.07, 6.45) is 1.95. The van der Waals surface area contributed by atoms with E-state index < -0.39 is 7.80 Å². The maximum Gasteiger partial charge on any atom is 0.306 e. The van der Waals surface area contributed by atoms with Gasteiger partial charge in [-0.2, -0.15) is 0 Å². The zero-order valence-corrected chi connectivity index (χ0v) is 8.91. The smallest absolute Gasteiger partial charge is 0.306 e. The Bertz CT molecular complexity index is 170. The van der Waals surface area contributed by atoms with Crippen LogP contribution in [0.2, 0.25) is 0 Å². The van der Waals surface area contributed by atoms with Crippen LogP contribution in [0.25, 0.3) is 0 Å². The molecule has 13 heavy (non-hydrogen) atoms. The highest BCUT2D eigenvalue weighted by Gasteiger charge is 2.05. The Morgan fingerprint density at radius 3 is 2.77 bits per heavy atom. The first-order chi connectivity index (χ1) is 6.20. The van der Waals surface area contributed by atoms with Crippen LogP contribution < -0.4 is 0 Å². The van der Waals surface area contributed by atoms with E-state index in [1.54, 1.807) is 0 Å². The highest BCUT2D eigenvalue weighted by Crippen LogP contribution is 2.18. The molecule has 0 heterocycles. The minimum atomic E-state index is -1.95. The second-order valence-electron chi connectivity index (χ2n) is 2.77. The number of carbonyl (C=O) groups excluding carboxylic acids is 1. The van der Waals surface area contributed by atoms with Gasteiger partial charge >= 0.3 is 5.97 Å². The first-order valence-corrected chi connectivity index (χ1v) is 6.31. The molecule has 1 unspecified atom stereocenters. The van der Waals surface area contributed by atoms with E-state index in [-0.39, 0.29) is 24.9 Å². The van der Waals surface area contributed by atoms with Gasteiger partial charge in [0.2, 0.25) is 0 Å². The van der Waals surface area contributed by atoms with Crippen molar-refractivity contribution in [2.45, 2.75) is 26.2 Å². The van der Waals surface area contributed by atoms with E-state index in [1.165, 1.54) is 0 Å². The molecule has 0 radical (unpaired) electrons. The van der Waals surface area contributed by atoms with Gasteiger partial charge in [0.15, 0.2) is 0 Å².